The van der Waals surface area contributed by atoms with Crippen molar-refractivity contribution >= 4 is 11.4 Å². The average Bonchev–Trinajstić information content (AvgIpc) is 2.58. The molecule has 1 aliphatic heterocycles. The van der Waals surface area contributed by atoms with E-state index in [4.69, 9.17) is 0 Å². The minimum Gasteiger partial charge on any atom is -0.363 e. The molecular weight excluding hydrogens is 208 g/mol. The average molecular weight is 229 g/mol. The molecule has 1 fully saturated rings. The number of rotatable bonds is 2. The lowest BCUT2D eigenvalue weighted by molar-refractivity contribution is 0.486. The Morgan fingerprint density at radius 2 is 1.41 bits per heavy atom. The molecule has 0 spiro atoms. The van der Waals surface area contributed by atoms with Crippen LogP contribution in [0.15, 0.2) is 48.6 Å². The summed E-state index contributed by atoms with van der Waals surface area (Å²) < 4.78 is 0.847. The van der Waals surface area contributed by atoms with Gasteiger partial charge in [0.1, 0.15) is 5.69 Å². The number of quaternary nitrogens is 1. The molecule has 1 saturated heterocycles. The van der Waals surface area contributed by atoms with Crippen LogP contribution < -0.4 is 9.38 Å². The molecule has 0 bridgehead atoms. The summed E-state index contributed by atoms with van der Waals surface area (Å²) in [5.74, 6) is 0. The predicted octanol–water partition coefficient (Wildman–Crippen LogP) is 2.82. The second-order valence-electron chi connectivity index (χ2n) is 5.59. The number of hydrogen-bond donors (Lipinski definition) is 0. The van der Waals surface area contributed by atoms with Crippen LogP contribution in [-0.2, 0) is 0 Å². The van der Waals surface area contributed by atoms with Crippen molar-refractivity contribution in [2.75, 3.05) is 39.1 Å². The molecule has 2 rings (SSSR count). The van der Waals surface area contributed by atoms with Crippen LogP contribution in [0.4, 0.5) is 11.4 Å². The Balaban J connectivity index is 2.19. The number of hydrogen-bond acceptors (Lipinski definition) is 1. The van der Waals surface area contributed by atoms with Gasteiger partial charge >= 0.3 is 0 Å². The van der Waals surface area contributed by atoms with Gasteiger partial charge in [-0.1, -0.05) is 13.2 Å². The highest BCUT2D eigenvalue weighted by Crippen LogP contribution is 2.27. The first-order valence-electron chi connectivity index (χ1n) is 5.91. The molecule has 0 radical (unpaired) electrons. The summed E-state index contributed by atoms with van der Waals surface area (Å²) in [4.78, 5) is 2.31. The molecule has 1 aromatic rings. The van der Waals surface area contributed by atoms with Crippen molar-refractivity contribution < 1.29 is 0 Å². The molecule has 0 aromatic heterocycles. The van der Waals surface area contributed by atoms with E-state index in [0.717, 1.165) is 28.7 Å². The van der Waals surface area contributed by atoms with Gasteiger partial charge in [0.15, 0.2) is 0 Å². The van der Waals surface area contributed by atoms with E-state index in [1.165, 1.54) is 11.4 Å². The molecule has 90 valence electrons. The maximum Gasteiger partial charge on any atom is 0.132 e. The molecule has 0 aliphatic carbocycles. The molecule has 0 unspecified atom stereocenters. The normalized spacial score (nSPS) is 16.8. The van der Waals surface area contributed by atoms with Gasteiger partial charge in [-0.25, -0.2) is 0 Å². The van der Waals surface area contributed by atoms with Gasteiger partial charge < -0.3 is 4.90 Å². The highest BCUT2D eigenvalue weighted by atomic mass is 15.3. The Morgan fingerprint density at radius 1 is 0.941 bits per heavy atom. The Morgan fingerprint density at radius 3 is 1.82 bits per heavy atom. The van der Waals surface area contributed by atoms with Crippen molar-refractivity contribution in [3.63, 3.8) is 0 Å². The Labute approximate surface area is 104 Å². The zero-order valence-corrected chi connectivity index (χ0v) is 11.0. The number of benzene rings is 1. The highest BCUT2D eigenvalue weighted by Gasteiger charge is 2.19. The fourth-order valence-corrected chi connectivity index (χ4v) is 2.03. The summed E-state index contributed by atoms with van der Waals surface area (Å²) in [5, 5.41) is 0. The third-order valence-electron chi connectivity index (χ3n) is 3.25. The van der Waals surface area contributed by atoms with Gasteiger partial charge in [0.05, 0.1) is 21.1 Å². The van der Waals surface area contributed by atoms with Crippen LogP contribution >= 0.6 is 0 Å². The van der Waals surface area contributed by atoms with Crippen LogP contribution in [0.5, 0.6) is 0 Å². The Kier molecular flexibility index (Phi) is 2.84. The van der Waals surface area contributed by atoms with Crippen molar-refractivity contribution in [3.8, 4) is 0 Å². The van der Waals surface area contributed by atoms with Crippen molar-refractivity contribution in [2.24, 2.45) is 0 Å². The Bertz CT molecular complexity index is 433. The molecule has 0 amide bonds. The van der Waals surface area contributed by atoms with E-state index in [1.54, 1.807) is 0 Å². The highest BCUT2D eigenvalue weighted by molar-refractivity contribution is 5.59. The molecule has 1 aromatic carbocycles. The molecule has 0 N–H and O–H groups in total. The second kappa shape index (κ2) is 4.04. The van der Waals surface area contributed by atoms with E-state index in [-0.39, 0.29) is 0 Å². The largest absolute Gasteiger partial charge is 0.363 e. The minimum absolute atomic E-state index is 0.847. The van der Waals surface area contributed by atoms with E-state index in [1.807, 2.05) is 0 Å². The quantitative estimate of drug-likeness (QED) is 0.705. The summed E-state index contributed by atoms with van der Waals surface area (Å²) in [6, 6.07) is 8.76. The maximum absolute atomic E-state index is 4.02. The third-order valence-corrected chi connectivity index (χ3v) is 3.25. The molecule has 0 atom stereocenters. The van der Waals surface area contributed by atoms with E-state index < -0.39 is 0 Å². The van der Waals surface area contributed by atoms with Crippen LogP contribution in [0, 0.1) is 0 Å². The molecule has 1 aliphatic rings. The lowest BCUT2D eigenvalue weighted by Gasteiger charge is -2.24. The second-order valence-corrected chi connectivity index (χ2v) is 5.59. The first-order valence-corrected chi connectivity index (χ1v) is 5.91. The van der Waals surface area contributed by atoms with Crippen LogP contribution in [-0.4, -0.2) is 34.2 Å². The maximum atomic E-state index is 4.02. The summed E-state index contributed by atoms with van der Waals surface area (Å²) in [7, 11) is 6.53. The molecule has 17 heavy (non-hydrogen) atoms. The number of nitrogens with zero attached hydrogens (tertiary/aromatic N) is 2. The van der Waals surface area contributed by atoms with E-state index in [9.17, 15) is 0 Å². The molecule has 0 saturated carbocycles. The van der Waals surface area contributed by atoms with Crippen molar-refractivity contribution in [2.45, 2.75) is 0 Å². The van der Waals surface area contributed by atoms with Crippen LogP contribution in [0.25, 0.3) is 0 Å². The fraction of sp³-hybridized carbons (Fsp3) is 0.333. The summed E-state index contributed by atoms with van der Waals surface area (Å²) in [5.41, 5.74) is 4.87. The van der Waals surface area contributed by atoms with Crippen LogP contribution in [0.1, 0.15) is 0 Å². The van der Waals surface area contributed by atoms with Crippen molar-refractivity contribution in [1.29, 1.82) is 0 Å². The predicted molar refractivity (Wildman–Crippen MR) is 76.5 cm³/mol. The Hall–Kier alpha value is -1.54. The lowest BCUT2D eigenvalue weighted by Crippen LogP contribution is -2.34. The van der Waals surface area contributed by atoms with Gasteiger partial charge in [-0.2, -0.15) is 0 Å². The summed E-state index contributed by atoms with van der Waals surface area (Å²) in [6.07, 6.45) is 0. The minimum atomic E-state index is 0.847. The van der Waals surface area contributed by atoms with Gasteiger partial charge in [-0.15, -0.1) is 0 Å². The van der Waals surface area contributed by atoms with Crippen molar-refractivity contribution in [3.05, 3.63) is 48.6 Å². The third kappa shape index (κ3) is 2.42. The zero-order chi connectivity index (χ0) is 12.6. The van der Waals surface area contributed by atoms with Gasteiger partial charge in [-0.05, 0) is 23.3 Å². The molecule has 2 nitrogen and oxygen atoms in total. The molecule has 1 heterocycles. The first-order chi connectivity index (χ1) is 7.88. The van der Waals surface area contributed by atoms with Crippen molar-refractivity contribution in [1.82, 2.24) is 4.48 Å². The van der Waals surface area contributed by atoms with E-state index >= 15 is 0 Å². The topological polar surface area (TPSA) is 3.24 Å². The van der Waals surface area contributed by atoms with Gasteiger partial charge in [-0.3, -0.25) is 4.48 Å². The van der Waals surface area contributed by atoms with Gasteiger partial charge in [0.2, 0.25) is 0 Å². The number of anilines is 1. The lowest BCUT2D eigenvalue weighted by atomic mass is 10.2. The molecular formula is C15H21N2+. The molecule has 2 heteroatoms. The van der Waals surface area contributed by atoms with Gasteiger partial charge in [0, 0.05) is 30.9 Å². The van der Waals surface area contributed by atoms with Crippen LogP contribution in [0.2, 0.25) is 0 Å². The zero-order valence-electron chi connectivity index (χ0n) is 11.0. The van der Waals surface area contributed by atoms with Crippen LogP contribution in [0.3, 0.4) is 0 Å². The smallest absolute Gasteiger partial charge is 0.132 e. The van der Waals surface area contributed by atoms with E-state index in [2.05, 4.69) is 63.5 Å². The van der Waals surface area contributed by atoms with E-state index in [0.29, 0.717) is 0 Å². The monoisotopic (exact) mass is 229 g/mol. The fourth-order valence-electron chi connectivity index (χ4n) is 2.03. The summed E-state index contributed by atoms with van der Waals surface area (Å²) >= 11 is 0. The SMILES string of the molecule is C=C1CN(c2ccc([N+](C)(C)C)cc2)CC1=C. The summed E-state index contributed by atoms with van der Waals surface area (Å²) in [6.45, 7) is 9.86. The first kappa shape index (κ1) is 11.9. The standard InChI is InChI=1S/C15H21N2/c1-12-10-16(11-13(12)2)14-6-8-15(9-7-14)17(3,4)5/h6-9H,1-2,10-11H2,3-5H3/q+1. The van der Waals surface area contributed by atoms with Gasteiger partial charge in [0.25, 0.3) is 0 Å².